The average Bonchev–Trinajstić information content (AvgIpc) is 2.44. The number of nitrogens with one attached hydrogen (secondary N) is 1. The molecule has 0 saturated carbocycles. The van der Waals surface area contributed by atoms with Gasteiger partial charge in [0.2, 0.25) is 5.91 Å². The molecule has 96 valence electrons. The number of nitrogens with zero attached hydrogens (tertiary/aromatic N) is 2. The van der Waals surface area contributed by atoms with Crippen LogP contribution in [0.3, 0.4) is 0 Å². The molecule has 5 heteroatoms. The molecule has 0 aliphatic heterocycles. The van der Waals surface area contributed by atoms with E-state index in [1.54, 1.807) is 4.68 Å². The first kappa shape index (κ1) is 13.7. The van der Waals surface area contributed by atoms with Crippen LogP contribution in [0.5, 0.6) is 0 Å². The Labute approximate surface area is 102 Å². The van der Waals surface area contributed by atoms with E-state index in [4.69, 9.17) is 4.84 Å². The summed E-state index contributed by atoms with van der Waals surface area (Å²) in [6.45, 7) is 8.45. The Kier molecular flexibility index (Phi) is 4.69. The molecule has 0 bridgehead atoms. The summed E-state index contributed by atoms with van der Waals surface area (Å²) in [5, 5.41) is 4.27. The van der Waals surface area contributed by atoms with Gasteiger partial charge in [0.15, 0.2) is 0 Å². The third kappa shape index (κ3) is 3.85. The lowest BCUT2D eigenvalue weighted by atomic mass is 10.1. The van der Waals surface area contributed by atoms with Crippen molar-refractivity contribution in [2.45, 2.75) is 34.1 Å². The molecular weight excluding hydrogens is 218 g/mol. The number of aromatic nitrogens is 2. The molecule has 1 amide bonds. The lowest BCUT2D eigenvalue weighted by molar-refractivity contribution is -0.133. The van der Waals surface area contributed by atoms with Crippen LogP contribution in [0.1, 0.15) is 30.8 Å². The SMILES string of the molecule is Cc1nn(C)c(C)c1CC(=O)NOCC(C)C. The Bertz CT molecular complexity index is 397. The van der Waals surface area contributed by atoms with Crippen LogP contribution in [-0.2, 0) is 23.1 Å². The fourth-order valence-corrected chi connectivity index (χ4v) is 1.56. The molecule has 1 rings (SSSR count). The van der Waals surface area contributed by atoms with Gasteiger partial charge in [-0.15, -0.1) is 0 Å². The van der Waals surface area contributed by atoms with Crippen molar-refractivity contribution in [2.75, 3.05) is 6.61 Å². The molecule has 0 aromatic carbocycles. The smallest absolute Gasteiger partial charge is 0.248 e. The summed E-state index contributed by atoms with van der Waals surface area (Å²) in [6.07, 6.45) is 0.309. The van der Waals surface area contributed by atoms with Crippen LogP contribution in [0.2, 0.25) is 0 Å². The second-order valence-corrected chi connectivity index (χ2v) is 4.68. The first-order valence-electron chi connectivity index (χ1n) is 5.81. The fourth-order valence-electron chi connectivity index (χ4n) is 1.56. The predicted octanol–water partition coefficient (Wildman–Crippen LogP) is 1.28. The van der Waals surface area contributed by atoms with E-state index in [0.29, 0.717) is 18.9 Å². The topological polar surface area (TPSA) is 56.2 Å². The number of hydrogen-bond donors (Lipinski definition) is 1. The maximum Gasteiger partial charge on any atom is 0.248 e. The normalized spacial score (nSPS) is 10.9. The van der Waals surface area contributed by atoms with Gasteiger partial charge in [0.25, 0.3) is 0 Å². The number of hydrogen-bond acceptors (Lipinski definition) is 3. The van der Waals surface area contributed by atoms with Gasteiger partial charge in [-0.25, -0.2) is 5.48 Å². The summed E-state index contributed by atoms with van der Waals surface area (Å²) < 4.78 is 1.78. The second-order valence-electron chi connectivity index (χ2n) is 4.68. The van der Waals surface area contributed by atoms with Crippen LogP contribution in [0.4, 0.5) is 0 Å². The quantitative estimate of drug-likeness (QED) is 0.788. The van der Waals surface area contributed by atoms with Crippen molar-refractivity contribution in [1.29, 1.82) is 0 Å². The summed E-state index contributed by atoms with van der Waals surface area (Å²) in [5.41, 5.74) is 5.33. The maximum absolute atomic E-state index is 11.6. The van der Waals surface area contributed by atoms with Crippen LogP contribution in [0, 0.1) is 19.8 Å². The minimum atomic E-state index is -0.134. The highest BCUT2D eigenvalue weighted by Gasteiger charge is 2.13. The molecule has 0 fully saturated rings. The molecule has 0 radical (unpaired) electrons. The predicted molar refractivity (Wildman–Crippen MR) is 65.3 cm³/mol. The number of hydroxylamine groups is 1. The van der Waals surface area contributed by atoms with Crippen LogP contribution in [0.15, 0.2) is 0 Å². The third-order valence-electron chi connectivity index (χ3n) is 2.60. The Morgan fingerprint density at radius 3 is 2.59 bits per heavy atom. The van der Waals surface area contributed by atoms with Crippen LogP contribution in [-0.4, -0.2) is 22.3 Å². The second kappa shape index (κ2) is 5.82. The van der Waals surface area contributed by atoms with Gasteiger partial charge >= 0.3 is 0 Å². The summed E-state index contributed by atoms with van der Waals surface area (Å²) in [4.78, 5) is 16.7. The molecule has 0 saturated heterocycles. The van der Waals surface area contributed by atoms with E-state index in [0.717, 1.165) is 17.0 Å². The highest BCUT2D eigenvalue weighted by molar-refractivity contribution is 5.78. The van der Waals surface area contributed by atoms with E-state index in [2.05, 4.69) is 10.6 Å². The van der Waals surface area contributed by atoms with Crippen molar-refractivity contribution >= 4 is 5.91 Å². The van der Waals surface area contributed by atoms with Crippen molar-refractivity contribution < 1.29 is 9.63 Å². The van der Waals surface area contributed by atoms with Crippen LogP contribution < -0.4 is 5.48 Å². The van der Waals surface area contributed by atoms with E-state index in [-0.39, 0.29) is 5.91 Å². The highest BCUT2D eigenvalue weighted by Crippen LogP contribution is 2.12. The van der Waals surface area contributed by atoms with E-state index in [1.165, 1.54) is 0 Å². The van der Waals surface area contributed by atoms with E-state index >= 15 is 0 Å². The highest BCUT2D eigenvalue weighted by atomic mass is 16.6. The number of rotatable bonds is 5. The van der Waals surface area contributed by atoms with Gasteiger partial charge in [-0.05, 0) is 19.8 Å². The molecule has 17 heavy (non-hydrogen) atoms. The Hall–Kier alpha value is -1.36. The largest absolute Gasteiger partial charge is 0.273 e. The zero-order valence-corrected chi connectivity index (χ0v) is 11.2. The summed E-state index contributed by atoms with van der Waals surface area (Å²) >= 11 is 0. The number of carbonyl (C=O) groups excluding carboxylic acids is 1. The molecule has 0 unspecified atom stereocenters. The lowest BCUT2D eigenvalue weighted by Crippen LogP contribution is -2.27. The van der Waals surface area contributed by atoms with Gasteiger partial charge in [0.1, 0.15) is 0 Å². The summed E-state index contributed by atoms with van der Waals surface area (Å²) in [7, 11) is 1.87. The van der Waals surface area contributed by atoms with Crippen molar-refractivity contribution in [1.82, 2.24) is 15.3 Å². The van der Waals surface area contributed by atoms with E-state index < -0.39 is 0 Å². The molecule has 0 atom stereocenters. The number of amides is 1. The average molecular weight is 239 g/mol. The Morgan fingerprint density at radius 2 is 2.12 bits per heavy atom. The van der Waals surface area contributed by atoms with Crippen LogP contribution in [0.25, 0.3) is 0 Å². The van der Waals surface area contributed by atoms with Crippen LogP contribution >= 0.6 is 0 Å². The first-order chi connectivity index (χ1) is 7.91. The monoisotopic (exact) mass is 239 g/mol. The van der Waals surface area contributed by atoms with Gasteiger partial charge in [-0.2, -0.15) is 5.10 Å². The van der Waals surface area contributed by atoms with Gasteiger partial charge in [0, 0.05) is 18.3 Å². The molecule has 1 aromatic heterocycles. The van der Waals surface area contributed by atoms with Gasteiger partial charge < -0.3 is 0 Å². The molecule has 0 spiro atoms. The number of carbonyl (C=O) groups is 1. The minimum Gasteiger partial charge on any atom is -0.273 e. The third-order valence-corrected chi connectivity index (χ3v) is 2.60. The van der Waals surface area contributed by atoms with Gasteiger partial charge in [0.05, 0.1) is 18.7 Å². The molecule has 1 N–H and O–H groups in total. The van der Waals surface area contributed by atoms with E-state index in [1.807, 2.05) is 34.7 Å². The zero-order valence-electron chi connectivity index (χ0n) is 11.2. The fraction of sp³-hybridized carbons (Fsp3) is 0.667. The van der Waals surface area contributed by atoms with Gasteiger partial charge in [-0.1, -0.05) is 13.8 Å². The first-order valence-corrected chi connectivity index (χ1v) is 5.81. The molecule has 1 aromatic rings. The van der Waals surface area contributed by atoms with Crippen molar-refractivity contribution in [3.05, 3.63) is 17.0 Å². The lowest BCUT2D eigenvalue weighted by Gasteiger charge is -2.08. The molecule has 5 nitrogen and oxygen atoms in total. The summed E-state index contributed by atoms with van der Waals surface area (Å²) in [5.74, 6) is 0.266. The van der Waals surface area contributed by atoms with Gasteiger partial charge in [-0.3, -0.25) is 14.3 Å². The molecule has 0 aliphatic rings. The molecular formula is C12H21N3O2. The maximum atomic E-state index is 11.6. The minimum absolute atomic E-state index is 0.134. The van der Waals surface area contributed by atoms with Crippen molar-refractivity contribution in [3.63, 3.8) is 0 Å². The Morgan fingerprint density at radius 1 is 1.47 bits per heavy atom. The zero-order chi connectivity index (χ0) is 13.0. The molecule has 1 heterocycles. The van der Waals surface area contributed by atoms with E-state index in [9.17, 15) is 4.79 Å². The Balaban J connectivity index is 2.51. The summed E-state index contributed by atoms with van der Waals surface area (Å²) in [6, 6.07) is 0. The van der Waals surface area contributed by atoms with Crippen molar-refractivity contribution in [2.24, 2.45) is 13.0 Å². The standard InChI is InChI=1S/C12H21N3O2/c1-8(2)7-17-14-12(16)6-11-9(3)13-15(5)10(11)4/h8H,6-7H2,1-5H3,(H,14,16). The number of aryl methyl sites for hydroxylation is 2. The van der Waals surface area contributed by atoms with Crippen molar-refractivity contribution in [3.8, 4) is 0 Å². The molecule has 0 aliphatic carbocycles.